The van der Waals surface area contributed by atoms with Gasteiger partial charge in [-0.3, -0.25) is 0 Å². The normalized spacial score (nSPS) is 10.0. The lowest BCUT2D eigenvalue weighted by Crippen LogP contribution is -1.96. The number of para-hydroxylation sites is 1. The third-order valence-electron chi connectivity index (χ3n) is 3.11. The lowest BCUT2D eigenvalue weighted by atomic mass is 10.1. The number of nitrogens with one attached hydrogen (secondary N) is 1. The predicted molar refractivity (Wildman–Crippen MR) is 81.1 cm³/mol. The van der Waals surface area contributed by atoms with Crippen LogP contribution in [0.1, 0.15) is 5.56 Å². The van der Waals surface area contributed by atoms with Crippen LogP contribution in [0.2, 0.25) is 0 Å². The highest BCUT2D eigenvalue weighted by molar-refractivity contribution is 5.66. The zero-order valence-corrected chi connectivity index (χ0v) is 11.3. The van der Waals surface area contributed by atoms with Crippen LogP contribution in [0.25, 0.3) is 16.1 Å². The molecule has 3 rings (SSSR count). The molecule has 4 nitrogen and oxygen atoms in total. The van der Waals surface area contributed by atoms with Crippen molar-refractivity contribution in [3.8, 4) is 17.0 Å². The molecule has 1 N–H and O–H groups in total. The first-order valence-electron chi connectivity index (χ1n) is 6.54. The number of aromatic amines is 1. The largest absolute Gasteiger partial charge is 0.488 e. The quantitative estimate of drug-likeness (QED) is 0.725. The maximum absolute atomic E-state index is 7.04. The maximum Gasteiger partial charge on any atom is 0.187 e. The molecule has 0 fully saturated rings. The average molecular weight is 275 g/mol. The summed E-state index contributed by atoms with van der Waals surface area (Å²) < 4.78 is 5.90. The van der Waals surface area contributed by atoms with Crippen LogP contribution in [0.5, 0.6) is 5.75 Å². The van der Waals surface area contributed by atoms with Crippen molar-refractivity contribution in [2.75, 3.05) is 0 Å². The summed E-state index contributed by atoms with van der Waals surface area (Å²) in [5.74, 6) is 0.787. The Morgan fingerprint density at radius 3 is 2.86 bits per heavy atom. The number of nitrogens with zero attached hydrogens (tertiary/aromatic N) is 2. The minimum atomic E-state index is 0.425. The lowest BCUT2D eigenvalue weighted by Gasteiger charge is -2.10. The smallest absolute Gasteiger partial charge is 0.187 e. The van der Waals surface area contributed by atoms with Crippen molar-refractivity contribution in [1.29, 1.82) is 0 Å². The molecule has 2 aromatic carbocycles. The fourth-order valence-electron chi connectivity index (χ4n) is 2.10. The molecule has 102 valence electrons. The van der Waals surface area contributed by atoms with Gasteiger partial charge in [0.05, 0.1) is 24.8 Å². The average Bonchev–Trinajstić information content (AvgIpc) is 3.08. The summed E-state index contributed by atoms with van der Waals surface area (Å²) in [7, 11) is 0. The van der Waals surface area contributed by atoms with Gasteiger partial charge in [0, 0.05) is 5.56 Å². The third kappa shape index (κ3) is 2.93. The fraction of sp³-hybridized carbons (Fsp3) is 0.0588. The van der Waals surface area contributed by atoms with Crippen LogP contribution < -0.4 is 4.74 Å². The SMILES string of the molecule is [C-]#[N+]c1cccc(COc2ccccc2-c2cnc[nH]2)c1. The van der Waals surface area contributed by atoms with E-state index < -0.39 is 0 Å². The summed E-state index contributed by atoms with van der Waals surface area (Å²) in [4.78, 5) is 10.5. The van der Waals surface area contributed by atoms with E-state index in [9.17, 15) is 0 Å². The Morgan fingerprint density at radius 1 is 1.14 bits per heavy atom. The van der Waals surface area contributed by atoms with Gasteiger partial charge < -0.3 is 9.72 Å². The van der Waals surface area contributed by atoms with Gasteiger partial charge in [-0.1, -0.05) is 30.3 Å². The molecule has 0 bridgehead atoms. The molecule has 0 spiro atoms. The molecule has 0 saturated heterocycles. The molecule has 0 aliphatic rings. The van der Waals surface area contributed by atoms with E-state index in [2.05, 4.69) is 14.8 Å². The number of hydrogen-bond donors (Lipinski definition) is 1. The van der Waals surface area contributed by atoms with Gasteiger partial charge in [0.15, 0.2) is 5.69 Å². The van der Waals surface area contributed by atoms with Gasteiger partial charge in [-0.2, -0.15) is 0 Å². The van der Waals surface area contributed by atoms with Gasteiger partial charge in [-0.15, -0.1) is 0 Å². The molecule has 21 heavy (non-hydrogen) atoms. The van der Waals surface area contributed by atoms with E-state index in [-0.39, 0.29) is 0 Å². The molecular formula is C17H13N3O. The molecule has 1 heterocycles. The van der Waals surface area contributed by atoms with Gasteiger partial charge in [0.1, 0.15) is 12.4 Å². The minimum Gasteiger partial charge on any atom is -0.488 e. The molecule has 0 amide bonds. The van der Waals surface area contributed by atoms with Gasteiger partial charge in [0.2, 0.25) is 0 Å². The number of ether oxygens (including phenoxy) is 1. The van der Waals surface area contributed by atoms with E-state index in [1.165, 1.54) is 0 Å². The summed E-state index contributed by atoms with van der Waals surface area (Å²) in [6, 6.07) is 15.3. The number of imidazole rings is 1. The highest BCUT2D eigenvalue weighted by Crippen LogP contribution is 2.28. The Hall–Kier alpha value is -3.06. The van der Waals surface area contributed by atoms with E-state index in [0.29, 0.717) is 12.3 Å². The predicted octanol–water partition coefficient (Wildman–Crippen LogP) is 4.21. The van der Waals surface area contributed by atoms with E-state index in [0.717, 1.165) is 22.6 Å². The molecule has 0 radical (unpaired) electrons. The van der Waals surface area contributed by atoms with Crippen LogP contribution in [0, 0.1) is 6.57 Å². The second kappa shape index (κ2) is 5.93. The second-order valence-electron chi connectivity index (χ2n) is 4.53. The summed E-state index contributed by atoms with van der Waals surface area (Å²) in [6.45, 7) is 7.46. The summed E-state index contributed by atoms with van der Waals surface area (Å²) in [5.41, 5.74) is 3.48. The van der Waals surface area contributed by atoms with Crippen molar-refractivity contribution in [2.24, 2.45) is 0 Å². The van der Waals surface area contributed by atoms with Crippen LogP contribution in [-0.4, -0.2) is 9.97 Å². The lowest BCUT2D eigenvalue weighted by molar-refractivity contribution is 0.307. The standard InChI is InChI=1S/C17H13N3O/c1-18-14-6-4-5-13(9-14)11-21-17-8-3-2-7-15(17)16-10-19-12-20-16/h2-10,12H,11H2,(H,19,20). The number of hydrogen-bond acceptors (Lipinski definition) is 2. The first-order chi connectivity index (χ1) is 10.4. The molecule has 1 aromatic heterocycles. The highest BCUT2D eigenvalue weighted by Gasteiger charge is 2.07. The van der Waals surface area contributed by atoms with Crippen LogP contribution in [0.15, 0.2) is 61.1 Å². The molecule has 0 saturated carbocycles. The number of rotatable bonds is 4. The molecule has 4 heteroatoms. The van der Waals surface area contributed by atoms with Gasteiger partial charge in [-0.25, -0.2) is 9.83 Å². The molecule has 3 aromatic rings. The number of aromatic nitrogens is 2. The summed E-state index contributed by atoms with van der Waals surface area (Å²) in [6.07, 6.45) is 3.41. The van der Waals surface area contributed by atoms with Gasteiger partial charge >= 0.3 is 0 Å². The Bertz CT molecular complexity index is 773. The van der Waals surface area contributed by atoms with E-state index >= 15 is 0 Å². The second-order valence-corrected chi connectivity index (χ2v) is 4.53. The molecule has 0 unspecified atom stereocenters. The molecule has 0 aliphatic heterocycles. The van der Waals surface area contributed by atoms with Crippen LogP contribution in [-0.2, 0) is 6.61 Å². The molecular weight excluding hydrogens is 262 g/mol. The summed E-state index contributed by atoms with van der Waals surface area (Å²) >= 11 is 0. The van der Waals surface area contributed by atoms with E-state index in [1.54, 1.807) is 18.6 Å². The number of H-pyrrole nitrogens is 1. The zero-order valence-electron chi connectivity index (χ0n) is 11.3. The Kier molecular flexibility index (Phi) is 3.66. The van der Waals surface area contributed by atoms with Crippen LogP contribution in [0.4, 0.5) is 5.69 Å². The van der Waals surface area contributed by atoms with Crippen molar-refractivity contribution >= 4 is 5.69 Å². The third-order valence-corrected chi connectivity index (χ3v) is 3.11. The Labute approximate surface area is 122 Å². The van der Waals surface area contributed by atoms with Crippen molar-refractivity contribution < 1.29 is 4.74 Å². The summed E-state index contributed by atoms with van der Waals surface area (Å²) in [5, 5.41) is 0. The van der Waals surface area contributed by atoms with Crippen molar-refractivity contribution in [3.05, 3.63) is 78.0 Å². The Morgan fingerprint density at radius 2 is 2.05 bits per heavy atom. The zero-order chi connectivity index (χ0) is 14.5. The fourth-order valence-corrected chi connectivity index (χ4v) is 2.10. The van der Waals surface area contributed by atoms with Gasteiger partial charge in [0.25, 0.3) is 0 Å². The van der Waals surface area contributed by atoms with Crippen molar-refractivity contribution in [3.63, 3.8) is 0 Å². The van der Waals surface area contributed by atoms with Crippen LogP contribution >= 0.6 is 0 Å². The molecule has 0 atom stereocenters. The maximum atomic E-state index is 7.04. The Balaban J connectivity index is 1.81. The first kappa shape index (κ1) is 12.9. The highest BCUT2D eigenvalue weighted by atomic mass is 16.5. The molecule has 0 aliphatic carbocycles. The van der Waals surface area contributed by atoms with Crippen molar-refractivity contribution in [1.82, 2.24) is 9.97 Å². The van der Waals surface area contributed by atoms with Crippen molar-refractivity contribution in [2.45, 2.75) is 6.61 Å². The topological polar surface area (TPSA) is 42.3 Å². The number of benzene rings is 2. The van der Waals surface area contributed by atoms with E-state index in [1.807, 2.05) is 42.5 Å². The van der Waals surface area contributed by atoms with E-state index in [4.69, 9.17) is 11.3 Å². The van der Waals surface area contributed by atoms with Crippen LogP contribution in [0.3, 0.4) is 0 Å². The minimum absolute atomic E-state index is 0.425. The first-order valence-corrected chi connectivity index (χ1v) is 6.54. The monoisotopic (exact) mass is 275 g/mol. The van der Waals surface area contributed by atoms with Gasteiger partial charge in [-0.05, 0) is 23.8 Å².